The topological polar surface area (TPSA) is 18.5 Å². The van der Waals surface area contributed by atoms with E-state index in [1.54, 1.807) is 0 Å². The summed E-state index contributed by atoms with van der Waals surface area (Å²) in [5, 5.41) is 0. The Labute approximate surface area is 164 Å². The summed E-state index contributed by atoms with van der Waals surface area (Å²) in [7, 11) is 0. The van der Waals surface area contributed by atoms with Crippen molar-refractivity contribution < 1.29 is 9.05 Å². The highest BCUT2D eigenvalue weighted by molar-refractivity contribution is 8.60. The molecule has 144 valence electrons. The molecule has 2 nitrogen and oxygen atoms in total. The lowest BCUT2D eigenvalue weighted by Gasteiger charge is -2.62. The Bertz CT molecular complexity index is 557. The molecule has 6 aliphatic rings. The maximum atomic E-state index is 6.41. The third kappa shape index (κ3) is 2.92. The first-order valence-electron chi connectivity index (χ1n) is 10.1. The van der Waals surface area contributed by atoms with Gasteiger partial charge in [-0.25, -0.2) is 0 Å². The Kier molecular flexibility index (Phi) is 4.59. The van der Waals surface area contributed by atoms with E-state index in [9.17, 15) is 0 Å². The zero-order valence-electron chi connectivity index (χ0n) is 16.6. The summed E-state index contributed by atoms with van der Waals surface area (Å²) in [5.74, 6) is 4.22. The van der Waals surface area contributed by atoms with Crippen molar-refractivity contribution in [3.63, 3.8) is 0 Å². The minimum absolute atomic E-state index is 0.241. The molecule has 6 fully saturated rings. The van der Waals surface area contributed by atoms with E-state index in [2.05, 4.69) is 41.5 Å². The third-order valence-electron chi connectivity index (χ3n) is 9.11. The van der Waals surface area contributed by atoms with Gasteiger partial charge in [0.1, 0.15) is 0 Å². The molecule has 6 rings (SSSR count). The molecular formula is C20H35O2PS2. The average Bonchev–Trinajstić information content (AvgIpc) is 2.49. The second kappa shape index (κ2) is 5.96. The molecule has 25 heavy (non-hydrogen) atoms. The van der Waals surface area contributed by atoms with Gasteiger partial charge in [-0.2, -0.15) is 0 Å². The maximum Gasteiger partial charge on any atom is 0.244 e. The van der Waals surface area contributed by atoms with Crippen LogP contribution in [0.25, 0.3) is 0 Å². The highest BCUT2D eigenvalue weighted by Crippen LogP contribution is 2.68. The van der Waals surface area contributed by atoms with Gasteiger partial charge in [-0.05, 0) is 83.8 Å². The summed E-state index contributed by atoms with van der Waals surface area (Å²) in [6.45, 7) is 14.4. The molecule has 0 saturated heterocycles. The maximum absolute atomic E-state index is 6.41. The quantitative estimate of drug-likeness (QED) is 0.439. The van der Waals surface area contributed by atoms with Crippen molar-refractivity contribution in [2.45, 2.75) is 79.4 Å². The van der Waals surface area contributed by atoms with Gasteiger partial charge in [0.2, 0.25) is 5.69 Å². The molecule has 8 atom stereocenters. The van der Waals surface area contributed by atoms with Crippen molar-refractivity contribution >= 4 is 29.7 Å². The fraction of sp³-hybridized carbons (Fsp3) is 1.00. The molecule has 0 aliphatic heterocycles. The van der Waals surface area contributed by atoms with Crippen molar-refractivity contribution in [3.8, 4) is 0 Å². The molecule has 0 aromatic rings. The Hall–Kier alpha value is 0.920. The normalized spacial score (nSPS) is 49.9. The molecule has 0 radical (unpaired) electrons. The lowest BCUT2D eigenvalue weighted by molar-refractivity contribution is -0.157. The minimum Gasteiger partial charge on any atom is -0.318 e. The summed E-state index contributed by atoms with van der Waals surface area (Å²) in [5.41, 5.74) is -1.52. The first kappa shape index (κ1) is 19.2. The van der Waals surface area contributed by atoms with E-state index in [0.29, 0.717) is 22.7 Å². The van der Waals surface area contributed by atoms with Crippen molar-refractivity contribution in [2.24, 2.45) is 46.3 Å². The van der Waals surface area contributed by atoms with Gasteiger partial charge in [-0.1, -0.05) is 53.8 Å². The Balaban J connectivity index is 1.38. The van der Waals surface area contributed by atoms with Crippen LogP contribution in [0, 0.1) is 46.3 Å². The monoisotopic (exact) mass is 402 g/mol. The van der Waals surface area contributed by atoms with Crippen LogP contribution in [0.15, 0.2) is 0 Å². The smallest absolute Gasteiger partial charge is 0.244 e. The van der Waals surface area contributed by atoms with E-state index in [4.69, 9.17) is 33.1 Å². The number of rotatable bonds is 4. The van der Waals surface area contributed by atoms with Crippen LogP contribution in [-0.4, -0.2) is 12.2 Å². The summed E-state index contributed by atoms with van der Waals surface area (Å²) in [4.78, 5) is 0. The zero-order chi connectivity index (χ0) is 18.4. The minimum atomic E-state index is -2.47. The van der Waals surface area contributed by atoms with E-state index in [1.165, 1.54) is 12.8 Å². The number of hydrogen-bond donors (Lipinski definition) is 1. The van der Waals surface area contributed by atoms with Crippen LogP contribution in [0.4, 0.5) is 0 Å². The van der Waals surface area contributed by atoms with Gasteiger partial charge in [0.25, 0.3) is 0 Å². The first-order chi connectivity index (χ1) is 11.4. The molecule has 5 heteroatoms. The van der Waals surface area contributed by atoms with Crippen LogP contribution in [-0.2, 0) is 20.9 Å². The van der Waals surface area contributed by atoms with Crippen LogP contribution < -0.4 is 0 Å². The molecule has 0 aromatic heterocycles. The summed E-state index contributed by atoms with van der Waals surface area (Å²) < 4.78 is 12.8. The fourth-order valence-corrected chi connectivity index (χ4v) is 9.53. The lowest BCUT2D eigenvalue weighted by atomic mass is 9.45. The molecule has 0 unspecified atom stereocenters. The van der Waals surface area contributed by atoms with E-state index >= 15 is 0 Å². The first-order valence-corrected chi connectivity index (χ1v) is 13.9. The van der Waals surface area contributed by atoms with Gasteiger partial charge in [-0.3, -0.25) is 0 Å². The molecule has 6 saturated carbocycles. The predicted molar refractivity (Wildman–Crippen MR) is 111 cm³/mol. The number of thiol groups is 1. The Morgan fingerprint density at radius 2 is 1.16 bits per heavy atom. The van der Waals surface area contributed by atoms with Crippen molar-refractivity contribution in [2.75, 3.05) is 0 Å². The van der Waals surface area contributed by atoms with Gasteiger partial charge in [0, 0.05) is 0 Å². The van der Waals surface area contributed by atoms with Crippen LogP contribution in [0.3, 0.4) is 0 Å². The fourth-order valence-electron chi connectivity index (χ4n) is 6.85. The molecule has 0 heterocycles. The molecule has 0 spiro atoms. The summed E-state index contributed by atoms with van der Waals surface area (Å²) in [6.07, 6.45) is 5.47. The van der Waals surface area contributed by atoms with Gasteiger partial charge < -0.3 is 9.05 Å². The van der Waals surface area contributed by atoms with Crippen molar-refractivity contribution in [3.05, 3.63) is 0 Å². The zero-order valence-corrected chi connectivity index (χ0v) is 19.2. The van der Waals surface area contributed by atoms with Crippen molar-refractivity contribution in [1.82, 2.24) is 0 Å². The Morgan fingerprint density at radius 3 is 1.44 bits per heavy atom. The second-order valence-corrected chi connectivity index (χ2v) is 15.9. The molecule has 6 aliphatic carbocycles. The molecule has 0 amide bonds. The molecule has 4 bridgehead atoms. The molecular weight excluding hydrogens is 367 g/mol. The van der Waals surface area contributed by atoms with E-state index < -0.39 is 5.69 Å². The molecule has 0 aromatic carbocycles. The Morgan fingerprint density at radius 1 is 0.800 bits per heavy atom. The number of fused-ring (bicyclic) bond motifs is 4. The van der Waals surface area contributed by atoms with E-state index in [0.717, 1.165) is 36.5 Å². The standard InChI is InChI=1S/C20H35O2PS2/c1-11-15-7-13(19(15,3)4)9-17(11)21-23(24,25)22-18-10-14-8-16(12(18)2)20(14,5)6/h11-18H,7-10H2,1-6H3,(H,24,25)/t11-,12-,13+,14+,15-,16-,17-,18-/m0/s1. The van der Waals surface area contributed by atoms with Crippen LogP contribution >= 0.6 is 17.9 Å². The van der Waals surface area contributed by atoms with Gasteiger partial charge in [0.15, 0.2) is 0 Å². The largest absolute Gasteiger partial charge is 0.318 e. The van der Waals surface area contributed by atoms with Gasteiger partial charge in [0.05, 0.1) is 12.2 Å². The average molecular weight is 403 g/mol. The van der Waals surface area contributed by atoms with Crippen LogP contribution in [0.1, 0.15) is 67.2 Å². The highest BCUT2D eigenvalue weighted by atomic mass is 32.9. The number of hydrogen-bond acceptors (Lipinski definition) is 3. The van der Waals surface area contributed by atoms with E-state index in [1.807, 2.05) is 0 Å². The molecule has 0 N–H and O–H groups in total. The van der Waals surface area contributed by atoms with Gasteiger partial charge >= 0.3 is 0 Å². The summed E-state index contributed by atoms with van der Waals surface area (Å²) in [6, 6.07) is 0. The van der Waals surface area contributed by atoms with Crippen LogP contribution in [0.5, 0.6) is 0 Å². The lowest BCUT2D eigenvalue weighted by Crippen LogP contribution is -2.57. The SMILES string of the molecule is C[C@@H]1[C@@H](OP(=S)(S)O[C@H]2C[C@H]3C[C@@H]([C@@H]2C)C3(C)C)C[C@H]2C[C@@H]1C2(C)C. The van der Waals surface area contributed by atoms with Crippen LogP contribution in [0.2, 0.25) is 0 Å². The van der Waals surface area contributed by atoms with Crippen molar-refractivity contribution in [1.29, 1.82) is 0 Å². The third-order valence-corrected chi connectivity index (χ3v) is 11.3. The van der Waals surface area contributed by atoms with E-state index in [-0.39, 0.29) is 12.2 Å². The predicted octanol–water partition coefficient (Wildman–Crippen LogP) is 6.32. The highest BCUT2D eigenvalue weighted by Gasteiger charge is 2.59. The van der Waals surface area contributed by atoms with Gasteiger partial charge in [-0.15, -0.1) is 0 Å². The second-order valence-electron chi connectivity index (χ2n) is 10.7. The summed E-state index contributed by atoms with van der Waals surface area (Å²) >= 11 is 10.5.